The molecule has 1 heterocycles. The summed E-state index contributed by atoms with van der Waals surface area (Å²) in [4.78, 5) is 0. The van der Waals surface area contributed by atoms with Gasteiger partial charge < -0.3 is 11.1 Å². The predicted octanol–water partition coefficient (Wildman–Crippen LogP) is 1.76. The summed E-state index contributed by atoms with van der Waals surface area (Å²) in [5, 5.41) is 3.28. The maximum atomic E-state index is 5.11. The third kappa shape index (κ3) is 17.7. The van der Waals surface area contributed by atoms with E-state index in [1.54, 1.807) is 0 Å². The highest BCUT2D eigenvalue weighted by Crippen LogP contribution is 1.96. The quantitative estimate of drug-likeness (QED) is 0.578. The van der Waals surface area contributed by atoms with Gasteiger partial charge in [-0.25, -0.2) is 0 Å². The fourth-order valence-corrected chi connectivity index (χ4v) is 0.802. The first-order valence-electron chi connectivity index (χ1n) is 4.20. The van der Waals surface area contributed by atoms with Gasteiger partial charge in [0.2, 0.25) is 0 Å². The second kappa shape index (κ2) is 9.85. The second-order valence-electron chi connectivity index (χ2n) is 3.05. The van der Waals surface area contributed by atoms with Crippen molar-refractivity contribution in [1.82, 2.24) is 5.32 Å². The van der Waals surface area contributed by atoms with E-state index in [1.165, 1.54) is 32.4 Å². The Morgan fingerprint density at radius 3 is 1.64 bits per heavy atom. The number of halogens is 1. The minimum Gasteiger partial charge on any atom is -0.328 e. The lowest BCUT2D eigenvalue weighted by Gasteiger charge is -2.08. The zero-order valence-corrected chi connectivity index (χ0v) is 7.60. The van der Waals surface area contributed by atoms with Crippen LogP contribution in [0, 0.1) is 0 Å². The van der Waals surface area contributed by atoms with Crippen LogP contribution in [0.4, 0.5) is 4.70 Å². The Morgan fingerprint density at radius 2 is 1.55 bits per heavy atom. The lowest BCUT2D eigenvalue weighted by atomic mass is 10.2. The fourth-order valence-electron chi connectivity index (χ4n) is 0.802. The van der Waals surface area contributed by atoms with Gasteiger partial charge in [0.15, 0.2) is 0 Å². The summed E-state index contributed by atoms with van der Waals surface area (Å²) in [6.07, 6.45) is 4.22. The average molecular weight is 168 g/mol. The molecule has 0 spiro atoms. The van der Waals surface area contributed by atoms with Crippen LogP contribution in [0.25, 0.3) is 0 Å². The predicted molar refractivity (Wildman–Crippen MR) is 52.8 cm³/mol. The first-order chi connectivity index (χ1) is 4.73. The van der Waals surface area contributed by atoms with E-state index in [0.29, 0.717) is 6.04 Å². The van der Waals surface area contributed by atoms with Gasteiger partial charge in [-0.3, -0.25) is 4.70 Å². The average Bonchev–Trinajstić information content (AvgIpc) is 1.90. The Bertz CT molecular complexity index is 56.9. The van der Waals surface area contributed by atoms with Crippen LogP contribution in [0.2, 0.25) is 0 Å². The molecule has 1 rings (SSSR count). The highest BCUT2D eigenvalue weighted by atomic mass is 19.0. The normalized spacial score (nSPS) is 16.4. The van der Waals surface area contributed by atoms with E-state index in [4.69, 9.17) is 5.73 Å². The van der Waals surface area contributed by atoms with Gasteiger partial charge in [0.1, 0.15) is 0 Å². The summed E-state index contributed by atoms with van der Waals surface area (Å²) in [6, 6.07) is 0.333. The van der Waals surface area contributed by atoms with Gasteiger partial charge in [0.05, 0.1) is 0 Å². The molecular formula is C8H25FN2. The van der Waals surface area contributed by atoms with Crippen LogP contribution in [0.15, 0.2) is 0 Å². The van der Waals surface area contributed by atoms with Crippen molar-refractivity contribution < 1.29 is 7.56 Å². The molecule has 1 aliphatic rings. The molecule has 11 heavy (non-hydrogen) atoms. The molecule has 0 radical (unpaired) electrons. The molecule has 0 aromatic carbocycles. The first kappa shape index (κ1) is 13.4. The molecule has 1 saturated heterocycles. The van der Waals surface area contributed by atoms with E-state index in [-0.39, 0.29) is 7.56 Å². The molecule has 2 nitrogen and oxygen atoms in total. The van der Waals surface area contributed by atoms with Crippen LogP contribution in [0.3, 0.4) is 0 Å². The summed E-state index contributed by atoms with van der Waals surface area (Å²) in [5.41, 5.74) is 5.11. The van der Waals surface area contributed by atoms with Gasteiger partial charge in [-0.05, 0) is 32.0 Å². The number of nitrogens with one attached hydrogen (secondary N) is 1. The summed E-state index contributed by atoms with van der Waals surface area (Å²) in [7, 11) is 0. The summed E-state index contributed by atoms with van der Waals surface area (Å²) in [6.45, 7) is 6.39. The van der Waals surface area contributed by atoms with Crippen molar-refractivity contribution in [1.29, 1.82) is 0 Å². The van der Waals surface area contributed by atoms with Crippen molar-refractivity contribution in [2.75, 3.05) is 13.1 Å². The lowest BCUT2D eigenvalue weighted by molar-refractivity contribution is 0.520. The van der Waals surface area contributed by atoms with E-state index in [0.717, 1.165) is 0 Å². The van der Waals surface area contributed by atoms with Crippen molar-refractivity contribution in [2.24, 2.45) is 5.73 Å². The smallest absolute Gasteiger partial charge is 0 e. The number of hydrogen-bond acceptors (Lipinski definition) is 2. The van der Waals surface area contributed by atoms with Gasteiger partial charge >= 0.3 is 0 Å². The standard InChI is InChI=1S/C5H11N.C3H9N.FH.2H2/c1-2-4-6-5-3-1;1-3(2)4;;;/h6H,1-5H2;3H,4H2,1-2H3;3*1H. The molecule has 0 saturated carbocycles. The van der Waals surface area contributed by atoms with Gasteiger partial charge in [-0.15, -0.1) is 0 Å². The topological polar surface area (TPSA) is 38.0 Å². The van der Waals surface area contributed by atoms with E-state index in [2.05, 4.69) is 5.32 Å². The second-order valence-corrected chi connectivity index (χ2v) is 3.05. The van der Waals surface area contributed by atoms with Crippen molar-refractivity contribution >= 4 is 0 Å². The Balaban J connectivity index is -0.0000000536. The van der Waals surface area contributed by atoms with Crippen LogP contribution < -0.4 is 11.1 Å². The number of nitrogens with two attached hydrogens (primary N) is 1. The molecule has 74 valence electrons. The molecule has 3 N–H and O–H groups in total. The first-order valence-corrected chi connectivity index (χ1v) is 4.20. The van der Waals surface area contributed by atoms with Crippen molar-refractivity contribution in [3.05, 3.63) is 0 Å². The zero-order valence-electron chi connectivity index (χ0n) is 7.60. The largest absolute Gasteiger partial charge is 0.328 e. The molecule has 0 aliphatic carbocycles. The minimum atomic E-state index is 0. The highest BCUT2D eigenvalue weighted by Gasteiger charge is 1.93. The molecular weight excluding hydrogens is 143 g/mol. The van der Waals surface area contributed by atoms with Crippen molar-refractivity contribution in [2.45, 2.75) is 39.2 Å². The molecule has 1 aliphatic heterocycles. The van der Waals surface area contributed by atoms with Crippen LogP contribution in [-0.2, 0) is 0 Å². The lowest BCUT2D eigenvalue weighted by Crippen LogP contribution is -2.21. The third-order valence-electron chi connectivity index (χ3n) is 1.21. The van der Waals surface area contributed by atoms with Crippen LogP contribution in [0.5, 0.6) is 0 Å². The number of piperidine rings is 1. The maximum absolute atomic E-state index is 5.11. The van der Waals surface area contributed by atoms with Gasteiger partial charge in [-0.2, -0.15) is 0 Å². The number of rotatable bonds is 0. The highest BCUT2D eigenvalue weighted by molar-refractivity contribution is 4.55. The summed E-state index contributed by atoms with van der Waals surface area (Å²) in [5.74, 6) is 0. The monoisotopic (exact) mass is 168 g/mol. The van der Waals surface area contributed by atoms with Crippen molar-refractivity contribution in [3.8, 4) is 0 Å². The zero-order chi connectivity index (χ0) is 7.82. The third-order valence-corrected chi connectivity index (χ3v) is 1.21. The Labute approximate surface area is 71.9 Å². The minimum absolute atomic E-state index is 0. The molecule has 3 heteroatoms. The van der Waals surface area contributed by atoms with Gasteiger partial charge in [0.25, 0.3) is 0 Å². The van der Waals surface area contributed by atoms with Crippen molar-refractivity contribution in [3.63, 3.8) is 0 Å². The molecule has 0 aromatic rings. The van der Waals surface area contributed by atoms with E-state index in [1.807, 2.05) is 13.8 Å². The molecule has 0 unspecified atom stereocenters. The van der Waals surface area contributed by atoms with Gasteiger partial charge in [0, 0.05) is 2.85 Å². The molecule has 0 atom stereocenters. The van der Waals surface area contributed by atoms with E-state index < -0.39 is 0 Å². The van der Waals surface area contributed by atoms with E-state index >= 15 is 0 Å². The molecule has 0 aromatic heterocycles. The summed E-state index contributed by atoms with van der Waals surface area (Å²) < 4.78 is 0. The molecule has 1 fully saturated rings. The Morgan fingerprint density at radius 1 is 1.18 bits per heavy atom. The van der Waals surface area contributed by atoms with Crippen LogP contribution >= 0.6 is 0 Å². The molecule has 0 bridgehead atoms. The van der Waals surface area contributed by atoms with Crippen LogP contribution in [0.1, 0.15) is 36.0 Å². The SMILES string of the molecule is C1CCNCC1.CC(C)N.F.[HH].[HH]. The maximum Gasteiger partial charge on any atom is 0 e. The number of hydrogen-bond donors (Lipinski definition) is 2. The Hall–Kier alpha value is -0.150. The van der Waals surface area contributed by atoms with Crippen LogP contribution in [-0.4, -0.2) is 19.1 Å². The summed E-state index contributed by atoms with van der Waals surface area (Å²) >= 11 is 0. The van der Waals surface area contributed by atoms with Gasteiger partial charge in [-0.1, -0.05) is 20.3 Å². The fraction of sp³-hybridized carbons (Fsp3) is 1.00. The van der Waals surface area contributed by atoms with E-state index in [9.17, 15) is 0 Å². The Kier molecular flexibility index (Phi) is 12.0. The molecule has 0 amide bonds.